The fraction of sp³-hybridized carbons (Fsp3) is 0.0476. The van der Waals surface area contributed by atoms with Crippen LogP contribution >= 0.6 is 23.2 Å². The highest BCUT2D eigenvalue weighted by Crippen LogP contribution is 2.30. The first-order valence-electron chi connectivity index (χ1n) is 8.37. The molecule has 0 aliphatic heterocycles. The summed E-state index contributed by atoms with van der Waals surface area (Å²) < 4.78 is 5.89. The maximum atomic E-state index is 6.23. The molecule has 4 rings (SSSR count). The molecule has 4 aromatic rings. The summed E-state index contributed by atoms with van der Waals surface area (Å²) in [5, 5.41) is 13.0. The molecule has 6 heteroatoms. The molecule has 0 radical (unpaired) electrons. The number of hydrogen-bond acceptors (Lipinski definition) is 4. The van der Waals surface area contributed by atoms with Gasteiger partial charge in [0.05, 0.1) is 10.6 Å². The standard InChI is InChI=1S/C21H15Cl2N3O/c22-15-7-5-8-16(12-15)24-13-14-6-1-2-9-17(14)20-25-26-21(27-20)18-10-3-4-11-19(18)23/h1-12,24H,13H2. The average molecular weight is 396 g/mol. The second kappa shape index (κ2) is 7.82. The van der Waals surface area contributed by atoms with Gasteiger partial charge >= 0.3 is 0 Å². The van der Waals surface area contributed by atoms with Gasteiger partial charge in [-0.25, -0.2) is 0 Å². The number of rotatable bonds is 5. The molecule has 0 saturated carbocycles. The number of hydrogen-bond donors (Lipinski definition) is 1. The van der Waals surface area contributed by atoms with Gasteiger partial charge in [-0.2, -0.15) is 0 Å². The normalized spacial score (nSPS) is 10.7. The van der Waals surface area contributed by atoms with Crippen LogP contribution in [0.3, 0.4) is 0 Å². The smallest absolute Gasteiger partial charge is 0.249 e. The lowest BCUT2D eigenvalue weighted by Crippen LogP contribution is -2.01. The summed E-state index contributed by atoms with van der Waals surface area (Å²) in [4.78, 5) is 0. The Balaban J connectivity index is 1.61. The summed E-state index contributed by atoms with van der Waals surface area (Å²) in [7, 11) is 0. The molecule has 1 aromatic heterocycles. The van der Waals surface area contributed by atoms with Gasteiger partial charge in [0, 0.05) is 22.8 Å². The molecule has 4 nitrogen and oxygen atoms in total. The zero-order chi connectivity index (χ0) is 18.6. The largest absolute Gasteiger partial charge is 0.416 e. The van der Waals surface area contributed by atoms with E-state index in [2.05, 4.69) is 15.5 Å². The van der Waals surface area contributed by atoms with Gasteiger partial charge in [-0.1, -0.05) is 59.6 Å². The molecule has 0 saturated heterocycles. The van der Waals surface area contributed by atoms with E-state index >= 15 is 0 Å². The summed E-state index contributed by atoms with van der Waals surface area (Å²) in [5.41, 5.74) is 3.57. The molecule has 0 atom stereocenters. The van der Waals surface area contributed by atoms with Gasteiger partial charge in [0.15, 0.2) is 0 Å². The molecule has 0 aliphatic rings. The van der Waals surface area contributed by atoms with Gasteiger partial charge in [-0.15, -0.1) is 10.2 Å². The Labute approximate surface area is 166 Å². The summed E-state index contributed by atoms with van der Waals surface area (Å²) in [6, 6.07) is 22.9. The number of aromatic nitrogens is 2. The van der Waals surface area contributed by atoms with Crippen LogP contribution in [0, 0.1) is 0 Å². The summed E-state index contributed by atoms with van der Waals surface area (Å²) in [6.45, 7) is 0.598. The van der Waals surface area contributed by atoms with Crippen LogP contribution in [0.15, 0.2) is 77.2 Å². The van der Waals surface area contributed by atoms with E-state index in [4.69, 9.17) is 27.6 Å². The van der Waals surface area contributed by atoms with Gasteiger partial charge in [0.1, 0.15) is 0 Å². The lowest BCUT2D eigenvalue weighted by atomic mass is 10.1. The minimum absolute atomic E-state index is 0.396. The van der Waals surface area contributed by atoms with Crippen LogP contribution in [0.1, 0.15) is 5.56 Å². The molecule has 0 spiro atoms. The van der Waals surface area contributed by atoms with Gasteiger partial charge < -0.3 is 9.73 Å². The van der Waals surface area contributed by atoms with Crippen molar-refractivity contribution in [3.8, 4) is 22.9 Å². The van der Waals surface area contributed by atoms with Crippen molar-refractivity contribution in [2.45, 2.75) is 6.54 Å². The average Bonchev–Trinajstić information content (AvgIpc) is 3.17. The first-order valence-corrected chi connectivity index (χ1v) is 9.12. The summed E-state index contributed by atoms with van der Waals surface area (Å²) in [5.74, 6) is 0.849. The van der Waals surface area contributed by atoms with Gasteiger partial charge in [-0.05, 0) is 42.0 Å². The Morgan fingerprint density at radius 1 is 0.778 bits per heavy atom. The Morgan fingerprint density at radius 2 is 1.48 bits per heavy atom. The predicted molar refractivity (Wildman–Crippen MR) is 109 cm³/mol. The quantitative estimate of drug-likeness (QED) is 0.429. The van der Waals surface area contributed by atoms with Crippen LogP contribution in [-0.2, 0) is 6.54 Å². The van der Waals surface area contributed by atoms with Crippen LogP contribution in [0.4, 0.5) is 5.69 Å². The maximum absolute atomic E-state index is 6.23. The van der Waals surface area contributed by atoms with E-state index < -0.39 is 0 Å². The molecule has 27 heavy (non-hydrogen) atoms. The number of halogens is 2. The van der Waals surface area contributed by atoms with Crippen molar-refractivity contribution in [1.82, 2.24) is 10.2 Å². The van der Waals surface area contributed by atoms with Crippen molar-refractivity contribution in [1.29, 1.82) is 0 Å². The van der Waals surface area contributed by atoms with E-state index in [9.17, 15) is 0 Å². The zero-order valence-electron chi connectivity index (χ0n) is 14.2. The highest BCUT2D eigenvalue weighted by Gasteiger charge is 2.15. The molecular formula is C21H15Cl2N3O. The highest BCUT2D eigenvalue weighted by molar-refractivity contribution is 6.33. The SMILES string of the molecule is Clc1cccc(NCc2ccccc2-c2nnc(-c3ccccc3Cl)o2)c1. The van der Waals surface area contributed by atoms with Crippen molar-refractivity contribution < 1.29 is 4.42 Å². The van der Waals surface area contributed by atoms with Gasteiger partial charge in [-0.3, -0.25) is 0 Å². The monoisotopic (exact) mass is 395 g/mol. The molecule has 134 valence electrons. The van der Waals surface area contributed by atoms with Crippen LogP contribution in [-0.4, -0.2) is 10.2 Å². The van der Waals surface area contributed by atoms with Crippen LogP contribution in [0.5, 0.6) is 0 Å². The Hall–Kier alpha value is -2.82. The number of benzene rings is 3. The number of anilines is 1. The van der Waals surface area contributed by atoms with Crippen LogP contribution in [0.2, 0.25) is 10.0 Å². The fourth-order valence-corrected chi connectivity index (χ4v) is 3.16. The number of nitrogens with one attached hydrogen (secondary N) is 1. The van der Waals surface area contributed by atoms with E-state index in [1.54, 1.807) is 6.07 Å². The third-order valence-electron chi connectivity index (χ3n) is 4.08. The summed E-state index contributed by atoms with van der Waals surface area (Å²) in [6.07, 6.45) is 0. The molecule has 0 aliphatic carbocycles. The minimum Gasteiger partial charge on any atom is -0.416 e. The van der Waals surface area contributed by atoms with Gasteiger partial charge in [0.2, 0.25) is 11.8 Å². The molecule has 0 amide bonds. The Bertz CT molecular complexity index is 1080. The van der Waals surface area contributed by atoms with E-state index in [1.807, 2.05) is 66.7 Å². The lowest BCUT2D eigenvalue weighted by Gasteiger charge is -2.09. The van der Waals surface area contributed by atoms with Crippen LogP contribution in [0.25, 0.3) is 22.9 Å². The van der Waals surface area contributed by atoms with Gasteiger partial charge in [0.25, 0.3) is 0 Å². The molecular weight excluding hydrogens is 381 g/mol. The highest BCUT2D eigenvalue weighted by atomic mass is 35.5. The van der Waals surface area contributed by atoms with E-state index in [1.165, 1.54) is 0 Å². The molecule has 1 N–H and O–H groups in total. The Kier molecular flexibility index (Phi) is 5.10. The second-order valence-electron chi connectivity index (χ2n) is 5.91. The summed E-state index contributed by atoms with van der Waals surface area (Å²) >= 11 is 12.3. The van der Waals surface area contributed by atoms with E-state index in [0.717, 1.165) is 16.8 Å². The van der Waals surface area contributed by atoms with Crippen molar-refractivity contribution in [2.24, 2.45) is 0 Å². The first kappa shape index (κ1) is 17.6. The third-order valence-corrected chi connectivity index (χ3v) is 4.65. The minimum atomic E-state index is 0.396. The van der Waals surface area contributed by atoms with E-state index in [-0.39, 0.29) is 0 Å². The second-order valence-corrected chi connectivity index (χ2v) is 6.76. The molecule has 1 heterocycles. The predicted octanol–water partition coefficient (Wildman–Crippen LogP) is 6.32. The molecule has 0 fully saturated rings. The van der Waals surface area contributed by atoms with Crippen molar-refractivity contribution in [2.75, 3.05) is 5.32 Å². The third kappa shape index (κ3) is 3.97. The van der Waals surface area contributed by atoms with Crippen LogP contribution < -0.4 is 5.32 Å². The fourth-order valence-electron chi connectivity index (χ4n) is 2.75. The Morgan fingerprint density at radius 3 is 2.26 bits per heavy atom. The van der Waals surface area contributed by atoms with Crippen molar-refractivity contribution >= 4 is 28.9 Å². The number of nitrogens with zero attached hydrogens (tertiary/aromatic N) is 2. The maximum Gasteiger partial charge on any atom is 0.249 e. The topological polar surface area (TPSA) is 51.0 Å². The van der Waals surface area contributed by atoms with E-state index in [0.29, 0.717) is 33.9 Å². The lowest BCUT2D eigenvalue weighted by molar-refractivity contribution is 0.584. The molecule has 0 unspecified atom stereocenters. The van der Waals surface area contributed by atoms with Crippen molar-refractivity contribution in [3.63, 3.8) is 0 Å². The molecule has 3 aromatic carbocycles. The van der Waals surface area contributed by atoms with Crippen molar-refractivity contribution in [3.05, 3.63) is 88.4 Å². The molecule has 0 bridgehead atoms. The first-order chi connectivity index (χ1) is 13.2. The zero-order valence-corrected chi connectivity index (χ0v) is 15.7.